The third-order valence-electron chi connectivity index (χ3n) is 5.76. The highest BCUT2D eigenvalue weighted by Gasteiger charge is 2.16. The second-order valence-corrected chi connectivity index (χ2v) is 7.96. The molecule has 0 spiro atoms. The first-order chi connectivity index (χ1) is 16.2. The fourth-order valence-electron chi connectivity index (χ4n) is 4.14. The van der Waals surface area contributed by atoms with Crippen LogP contribution in [0.4, 0.5) is 0 Å². The Morgan fingerprint density at radius 3 is 2.88 bits per heavy atom. The summed E-state index contributed by atoms with van der Waals surface area (Å²) >= 11 is 0. The van der Waals surface area contributed by atoms with Crippen LogP contribution in [0, 0.1) is 0 Å². The summed E-state index contributed by atoms with van der Waals surface area (Å²) in [5.41, 5.74) is 6.13. The van der Waals surface area contributed by atoms with Gasteiger partial charge in [-0.2, -0.15) is 15.3 Å². The Labute approximate surface area is 188 Å². The van der Waals surface area contributed by atoms with E-state index in [2.05, 4.69) is 36.5 Å². The number of carbonyl (C=O) groups is 1. The van der Waals surface area contributed by atoms with E-state index < -0.39 is 0 Å². The van der Waals surface area contributed by atoms with Crippen molar-refractivity contribution in [1.29, 1.82) is 0 Å². The lowest BCUT2D eigenvalue weighted by molar-refractivity contribution is 0.0989. The van der Waals surface area contributed by atoms with Crippen LogP contribution in [0.25, 0.3) is 32.9 Å². The number of Topliss-reactive ketones (excluding diaryl/α,β-unsaturated/α-hetero) is 1. The first kappa shape index (κ1) is 19.1. The lowest BCUT2D eigenvalue weighted by Gasteiger charge is -2.05. The van der Waals surface area contributed by atoms with Gasteiger partial charge in [0, 0.05) is 41.3 Å². The highest BCUT2D eigenvalue weighted by atomic mass is 16.1. The van der Waals surface area contributed by atoms with Crippen molar-refractivity contribution in [2.45, 2.75) is 13.0 Å². The van der Waals surface area contributed by atoms with Crippen molar-refractivity contribution in [2.24, 2.45) is 0 Å². The van der Waals surface area contributed by atoms with E-state index in [1.54, 1.807) is 18.6 Å². The summed E-state index contributed by atoms with van der Waals surface area (Å²) in [6.07, 6.45) is 9.27. The van der Waals surface area contributed by atoms with Gasteiger partial charge in [0.15, 0.2) is 5.78 Å². The summed E-state index contributed by atoms with van der Waals surface area (Å²) in [7, 11) is 0. The standard InChI is InChI=1S/C25H19N7O/c33-23(25-21-7-6-18(10-22(21)30-31-25)20-12-27-28-13-20)9-16-11-29-32(14-16)15-19-4-1-3-17-5-2-8-26-24(17)19/h1-8,10-14H,9,15H2,(H,27,28)(H,30,31). The first-order valence-electron chi connectivity index (χ1n) is 10.6. The molecule has 0 saturated heterocycles. The maximum Gasteiger partial charge on any atom is 0.188 e. The van der Waals surface area contributed by atoms with Gasteiger partial charge in [0.25, 0.3) is 0 Å². The van der Waals surface area contributed by atoms with Crippen LogP contribution in [0.2, 0.25) is 0 Å². The summed E-state index contributed by atoms with van der Waals surface area (Å²) < 4.78 is 1.84. The molecule has 0 unspecified atom stereocenters. The van der Waals surface area contributed by atoms with Gasteiger partial charge in [0.05, 0.1) is 30.0 Å². The molecule has 0 fully saturated rings. The number of ketones is 1. The molecular formula is C25H19N7O. The molecule has 0 aliphatic heterocycles. The summed E-state index contributed by atoms with van der Waals surface area (Å²) in [4.78, 5) is 17.5. The Hall–Kier alpha value is -4.59. The molecular weight excluding hydrogens is 414 g/mol. The predicted molar refractivity (Wildman–Crippen MR) is 125 cm³/mol. The van der Waals surface area contributed by atoms with E-state index in [0.717, 1.165) is 44.1 Å². The number of benzene rings is 2. The number of aromatic nitrogens is 7. The van der Waals surface area contributed by atoms with Gasteiger partial charge in [0.2, 0.25) is 0 Å². The molecule has 0 aliphatic carbocycles. The van der Waals surface area contributed by atoms with Crippen LogP contribution in [0.1, 0.15) is 21.6 Å². The monoisotopic (exact) mass is 433 g/mol. The molecule has 0 radical (unpaired) electrons. The second-order valence-electron chi connectivity index (χ2n) is 7.96. The third kappa shape index (κ3) is 3.57. The Morgan fingerprint density at radius 2 is 1.97 bits per heavy atom. The van der Waals surface area contributed by atoms with Crippen LogP contribution >= 0.6 is 0 Å². The summed E-state index contributed by atoms with van der Waals surface area (Å²) in [6.45, 7) is 0.588. The van der Waals surface area contributed by atoms with Crippen molar-refractivity contribution in [3.63, 3.8) is 0 Å². The highest BCUT2D eigenvalue weighted by molar-refractivity contribution is 6.07. The van der Waals surface area contributed by atoms with E-state index in [9.17, 15) is 4.79 Å². The molecule has 8 heteroatoms. The molecule has 2 aromatic carbocycles. The topological polar surface area (TPSA) is 105 Å². The fraction of sp³-hybridized carbons (Fsp3) is 0.0800. The smallest absolute Gasteiger partial charge is 0.188 e. The molecule has 33 heavy (non-hydrogen) atoms. The summed E-state index contributed by atoms with van der Waals surface area (Å²) in [5, 5.41) is 20.4. The zero-order chi connectivity index (χ0) is 22.2. The number of hydrogen-bond donors (Lipinski definition) is 2. The largest absolute Gasteiger partial charge is 0.292 e. The fourth-order valence-corrected chi connectivity index (χ4v) is 4.14. The quantitative estimate of drug-likeness (QED) is 0.384. The zero-order valence-corrected chi connectivity index (χ0v) is 17.6. The molecule has 0 amide bonds. The second kappa shape index (κ2) is 7.83. The maximum absolute atomic E-state index is 13.0. The van der Waals surface area contributed by atoms with Crippen molar-refractivity contribution in [1.82, 2.24) is 35.2 Å². The van der Waals surface area contributed by atoms with Gasteiger partial charge in [-0.05, 0) is 34.9 Å². The molecule has 0 atom stereocenters. The van der Waals surface area contributed by atoms with Crippen LogP contribution < -0.4 is 0 Å². The van der Waals surface area contributed by atoms with Gasteiger partial charge in [0.1, 0.15) is 5.69 Å². The first-order valence-corrected chi connectivity index (χ1v) is 10.6. The molecule has 8 nitrogen and oxygen atoms in total. The van der Waals surface area contributed by atoms with E-state index in [-0.39, 0.29) is 12.2 Å². The number of nitrogens with zero attached hydrogens (tertiary/aromatic N) is 5. The number of fused-ring (bicyclic) bond motifs is 2. The number of pyridine rings is 1. The lowest BCUT2D eigenvalue weighted by Crippen LogP contribution is -2.04. The molecule has 4 heterocycles. The van der Waals surface area contributed by atoms with Gasteiger partial charge >= 0.3 is 0 Å². The van der Waals surface area contributed by atoms with Crippen LogP contribution in [0.3, 0.4) is 0 Å². The molecule has 0 saturated carbocycles. The Kier molecular flexibility index (Phi) is 4.54. The predicted octanol–water partition coefficient (Wildman–Crippen LogP) is 4.17. The van der Waals surface area contributed by atoms with Crippen LogP contribution in [0.5, 0.6) is 0 Å². The average molecular weight is 433 g/mol. The maximum atomic E-state index is 13.0. The van der Waals surface area contributed by atoms with Crippen molar-refractivity contribution >= 4 is 27.6 Å². The molecule has 6 aromatic rings. The molecule has 4 aromatic heterocycles. The summed E-state index contributed by atoms with van der Waals surface area (Å²) in [5.74, 6) is -0.0521. The number of H-pyrrole nitrogens is 2. The number of carbonyl (C=O) groups excluding carboxylic acids is 1. The van der Waals surface area contributed by atoms with Gasteiger partial charge in [-0.1, -0.05) is 30.3 Å². The van der Waals surface area contributed by atoms with Crippen LogP contribution in [-0.2, 0) is 13.0 Å². The number of nitrogens with one attached hydrogen (secondary N) is 2. The van der Waals surface area contributed by atoms with E-state index in [1.807, 2.05) is 59.5 Å². The van der Waals surface area contributed by atoms with Crippen LogP contribution in [0.15, 0.2) is 79.5 Å². The number of aromatic amines is 2. The average Bonchev–Trinajstić information content (AvgIpc) is 3.60. The normalized spacial score (nSPS) is 11.4. The molecule has 0 bridgehead atoms. The van der Waals surface area contributed by atoms with Gasteiger partial charge < -0.3 is 0 Å². The number of para-hydroxylation sites is 1. The van der Waals surface area contributed by atoms with Gasteiger partial charge in [-0.15, -0.1) is 0 Å². The minimum atomic E-state index is -0.0521. The third-order valence-corrected chi connectivity index (χ3v) is 5.76. The molecule has 160 valence electrons. The van der Waals surface area contributed by atoms with Gasteiger partial charge in [-0.25, -0.2) is 0 Å². The van der Waals surface area contributed by atoms with Crippen LogP contribution in [-0.4, -0.2) is 40.9 Å². The zero-order valence-electron chi connectivity index (χ0n) is 17.6. The van der Waals surface area contributed by atoms with E-state index >= 15 is 0 Å². The Balaban J connectivity index is 1.21. The SMILES string of the molecule is O=C(Cc1cnn(Cc2cccc3cccnc23)c1)c1n[nH]c2cc(-c3cn[nH]c3)ccc12. The van der Waals surface area contributed by atoms with E-state index in [4.69, 9.17) is 0 Å². The number of hydrogen-bond acceptors (Lipinski definition) is 5. The highest BCUT2D eigenvalue weighted by Crippen LogP contribution is 2.25. The van der Waals surface area contributed by atoms with E-state index in [0.29, 0.717) is 12.2 Å². The van der Waals surface area contributed by atoms with Crippen molar-refractivity contribution in [3.8, 4) is 11.1 Å². The van der Waals surface area contributed by atoms with Crippen molar-refractivity contribution in [2.75, 3.05) is 0 Å². The van der Waals surface area contributed by atoms with E-state index in [1.165, 1.54) is 0 Å². The van der Waals surface area contributed by atoms with Gasteiger partial charge in [-0.3, -0.25) is 24.7 Å². The number of rotatable bonds is 6. The minimum Gasteiger partial charge on any atom is -0.292 e. The Bertz CT molecular complexity index is 1590. The Morgan fingerprint density at radius 1 is 1.03 bits per heavy atom. The molecule has 6 rings (SSSR count). The molecule has 0 aliphatic rings. The van der Waals surface area contributed by atoms with Crippen molar-refractivity contribution in [3.05, 3.63) is 96.3 Å². The molecule has 2 N–H and O–H groups in total. The van der Waals surface area contributed by atoms with Crippen molar-refractivity contribution < 1.29 is 4.79 Å². The lowest BCUT2D eigenvalue weighted by atomic mass is 10.0. The summed E-state index contributed by atoms with van der Waals surface area (Å²) in [6, 6.07) is 16.0. The minimum absolute atomic E-state index is 0.0521.